The number of aromatic nitrogens is 1. The van der Waals surface area contributed by atoms with Gasteiger partial charge in [0.1, 0.15) is 18.1 Å². The van der Waals surface area contributed by atoms with Crippen LogP contribution < -0.4 is 4.74 Å². The Bertz CT molecular complexity index is 652. The van der Waals surface area contributed by atoms with Crippen molar-refractivity contribution in [2.24, 2.45) is 0 Å². The predicted molar refractivity (Wildman–Crippen MR) is 96.3 cm³/mol. The number of H-pyrrole nitrogens is 1. The molecule has 0 bridgehead atoms. The number of esters is 1. The fraction of sp³-hybridized carbons (Fsp3) is 0.526. The molecule has 1 aromatic heterocycles. The molecule has 1 heterocycles. The van der Waals surface area contributed by atoms with Gasteiger partial charge in [-0.1, -0.05) is 13.3 Å². The molecule has 2 aromatic rings. The van der Waals surface area contributed by atoms with Gasteiger partial charge in [-0.15, -0.1) is 0 Å². The molecule has 0 aliphatic rings. The van der Waals surface area contributed by atoms with Crippen molar-refractivity contribution < 1.29 is 23.7 Å². The Morgan fingerprint density at radius 1 is 1.00 bits per heavy atom. The molecule has 0 saturated heterocycles. The molecule has 0 aliphatic heterocycles. The predicted octanol–water partition coefficient (Wildman–Crippen LogP) is 3.56. The van der Waals surface area contributed by atoms with Gasteiger partial charge in [0.05, 0.1) is 26.4 Å². The molecule has 0 spiro atoms. The molecular formula is C19H27NO5. The molecule has 25 heavy (non-hydrogen) atoms. The summed E-state index contributed by atoms with van der Waals surface area (Å²) in [6, 6.07) is 7.41. The summed E-state index contributed by atoms with van der Waals surface area (Å²) < 4.78 is 21.6. The van der Waals surface area contributed by atoms with E-state index in [4.69, 9.17) is 18.9 Å². The summed E-state index contributed by atoms with van der Waals surface area (Å²) in [6.07, 6.45) is 2.23. The summed E-state index contributed by atoms with van der Waals surface area (Å²) in [5.41, 5.74) is 1.32. The highest BCUT2D eigenvalue weighted by Gasteiger charge is 2.10. The second-order valence-corrected chi connectivity index (χ2v) is 5.58. The van der Waals surface area contributed by atoms with Crippen LogP contribution in [0.15, 0.2) is 24.3 Å². The average molecular weight is 349 g/mol. The highest BCUT2D eigenvalue weighted by Crippen LogP contribution is 2.22. The van der Waals surface area contributed by atoms with E-state index < -0.39 is 0 Å². The number of hydrogen-bond acceptors (Lipinski definition) is 5. The summed E-state index contributed by atoms with van der Waals surface area (Å²) >= 11 is 0. The molecule has 0 saturated carbocycles. The van der Waals surface area contributed by atoms with Crippen molar-refractivity contribution in [3.63, 3.8) is 0 Å². The van der Waals surface area contributed by atoms with E-state index in [1.807, 2.05) is 18.2 Å². The molecule has 0 amide bonds. The average Bonchev–Trinajstić information content (AvgIpc) is 3.04. The van der Waals surface area contributed by atoms with E-state index in [0.717, 1.165) is 36.1 Å². The molecular weight excluding hydrogens is 322 g/mol. The van der Waals surface area contributed by atoms with Gasteiger partial charge in [-0.25, -0.2) is 4.79 Å². The van der Waals surface area contributed by atoms with Gasteiger partial charge >= 0.3 is 5.97 Å². The number of carbonyl (C=O) groups is 1. The topological polar surface area (TPSA) is 69.8 Å². The van der Waals surface area contributed by atoms with E-state index in [1.165, 1.54) is 0 Å². The van der Waals surface area contributed by atoms with E-state index >= 15 is 0 Å². The van der Waals surface area contributed by atoms with Crippen LogP contribution in [-0.4, -0.2) is 50.6 Å². The fourth-order valence-corrected chi connectivity index (χ4v) is 2.31. The third kappa shape index (κ3) is 6.40. The molecule has 6 nitrogen and oxygen atoms in total. The minimum Gasteiger partial charge on any atom is -0.491 e. The van der Waals surface area contributed by atoms with Gasteiger partial charge in [0.2, 0.25) is 0 Å². The minimum absolute atomic E-state index is 0.351. The molecule has 1 N–H and O–H groups in total. The van der Waals surface area contributed by atoms with E-state index in [0.29, 0.717) is 38.7 Å². The van der Waals surface area contributed by atoms with Crippen LogP contribution in [0.4, 0.5) is 0 Å². The number of benzene rings is 1. The molecule has 0 unspecified atom stereocenters. The number of ether oxygens (including phenoxy) is 4. The molecule has 0 fully saturated rings. The Morgan fingerprint density at radius 3 is 2.52 bits per heavy atom. The Balaban J connectivity index is 1.72. The van der Waals surface area contributed by atoms with E-state index in [1.54, 1.807) is 13.0 Å². The van der Waals surface area contributed by atoms with Gasteiger partial charge < -0.3 is 23.9 Å². The quantitative estimate of drug-likeness (QED) is 0.469. The number of nitrogens with one attached hydrogen (secondary N) is 1. The zero-order valence-electron chi connectivity index (χ0n) is 15.0. The lowest BCUT2D eigenvalue weighted by atomic mass is 10.2. The van der Waals surface area contributed by atoms with Crippen molar-refractivity contribution >= 4 is 16.9 Å². The number of hydrogen-bond donors (Lipinski definition) is 1. The van der Waals surface area contributed by atoms with Crippen molar-refractivity contribution in [1.82, 2.24) is 4.98 Å². The van der Waals surface area contributed by atoms with Crippen molar-refractivity contribution in [3.8, 4) is 5.75 Å². The van der Waals surface area contributed by atoms with Gasteiger partial charge in [-0.2, -0.15) is 0 Å². The lowest BCUT2D eigenvalue weighted by Crippen LogP contribution is -2.11. The van der Waals surface area contributed by atoms with Gasteiger partial charge in [-0.3, -0.25) is 0 Å². The summed E-state index contributed by atoms with van der Waals surface area (Å²) in [4.78, 5) is 14.8. The number of aromatic amines is 1. The maximum Gasteiger partial charge on any atom is 0.354 e. The lowest BCUT2D eigenvalue weighted by molar-refractivity contribution is 0.0356. The number of fused-ring (bicyclic) bond motifs is 1. The van der Waals surface area contributed by atoms with Gasteiger partial charge in [0, 0.05) is 17.5 Å². The Hall–Kier alpha value is -2.05. The number of unbranched alkanes of at least 4 members (excludes halogenated alkanes) is 1. The Kier molecular flexibility index (Phi) is 8.28. The van der Waals surface area contributed by atoms with E-state index in [9.17, 15) is 4.79 Å². The molecule has 1 aromatic carbocycles. The largest absolute Gasteiger partial charge is 0.491 e. The van der Waals surface area contributed by atoms with Crippen LogP contribution in [0.1, 0.15) is 37.2 Å². The van der Waals surface area contributed by atoms with Crippen LogP contribution in [-0.2, 0) is 14.2 Å². The van der Waals surface area contributed by atoms with Crippen LogP contribution >= 0.6 is 0 Å². The van der Waals surface area contributed by atoms with Gasteiger partial charge in [0.25, 0.3) is 0 Å². The highest BCUT2D eigenvalue weighted by atomic mass is 16.5. The van der Waals surface area contributed by atoms with Crippen LogP contribution in [0, 0.1) is 0 Å². The van der Waals surface area contributed by atoms with Crippen LogP contribution in [0.5, 0.6) is 5.75 Å². The van der Waals surface area contributed by atoms with Crippen LogP contribution in [0.2, 0.25) is 0 Å². The fourth-order valence-electron chi connectivity index (χ4n) is 2.31. The first-order chi connectivity index (χ1) is 12.2. The molecule has 2 rings (SSSR count). The molecule has 0 atom stereocenters. The smallest absolute Gasteiger partial charge is 0.354 e. The maximum atomic E-state index is 11.7. The SMILES string of the molecule is CCCCOCCOCCOc1ccc2[nH]c(C(=O)OCC)cc2c1. The summed E-state index contributed by atoms with van der Waals surface area (Å²) in [5.74, 6) is 0.389. The summed E-state index contributed by atoms with van der Waals surface area (Å²) in [5, 5.41) is 0.908. The molecule has 6 heteroatoms. The monoisotopic (exact) mass is 349 g/mol. The first-order valence-electron chi connectivity index (χ1n) is 8.82. The zero-order chi connectivity index (χ0) is 17.9. The molecule has 0 radical (unpaired) electrons. The maximum absolute atomic E-state index is 11.7. The van der Waals surface area contributed by atoms with Crippen LogP contribution in [0.3, 0.4) is 0 Å². The summed E-state index contributed by atoms with van der Waals surface area (Å²) in [7, 11) is 0. The third-order valence-corrected chi connectivity index (χ3v) is 3.60. The van der Waals surface area contributed by atoms with Crippen molar-refractivity contribution in [3.05, 3.63) is 30.0 Å². The minimum atomic E-state index is -0.351. The third-order valence-electron chi connectivity index (χ3n) is 3.60. The number of rotatable bonds is 12. The first-order valence-corrected chi connectivity index (χ1v) is 8.82. The van der Waals surface area contributed by atoms with Gasteiger partial charge in [0.15, 0.2) is 0 Å². The second-order valence-electron chi connectivity index (χ2n) is 5.58. The Labute approximate surface area is 148 Å². The van der Waals surface area contributed by atoms with E-state index in [-0.39, 0.29) is 5.97 Å². The Morgan fingerprint density at radius 2 is 1.76 bits per heavy atom. The molecule has 138 valence electrons. The number of carbonyl (C=O) groups excluding carboxylic acids is 1. The first kappa shape index (κ1) is 19.3. The lowest BCUT2D eigenvalue weighted by Gasteiger charge is -2.07. The van der Waals surface area contributed by atoms with Crippen molar-refractivity contribution in [2.75, 3.05) is 39.6 Å². The van der Waals surface area contributed by atoms with Crippen molar-refractivity contribution in [1.29, 1.82) is 0 Å². The van der Waals surface area contributed by atoms with Gasteiger partial charge in [-0.05, 0) is 37.6 Å². The molecule has 0 aliphatic carbocycles. The summed E-state index contributed by atoms with van der Waals surface area (Å²) in [6.45, 7) is 7.24. The normalized spacial score (nSPS) is 11.0. The van der Waals surface area contributed by atoms with Crippen molar-refractivity contribution in [2.45, 2.75) is 26.7 Å². The highest BCUT2D eigenvalue weighted by molar-refractivity contribution is 5.95. The second kappa shape index (κ2) is 10.7. The zero-order valence-corrected chi connectivity index (χ0v) is 15.0. The standard InChI is InChI=1S/C19H27NO5/c1-3-5-8-22-9-10-23-11-12-25-16-6-7-17-15(13-16)14-18(20-17)19(21)24-4-2/h6-7,13-14,20H,3-5,8-12H2,1-2H3. The van der Waals surface area contributed by atoms with Crippen LogP contribution in [0.25, 0.3) is 10.9 Å². The van der Waals surface area contributed by atoms with E-state index in [2.05, 4.69) is 11.9 Å².